The van der Waals surface area contributed by atoms with Crippen molar-refractivity contribution in [1.82, 2.24) is 9.88 Å². The molecule has 6 nitrogen and oxygen atoms in total. The van der Waals surface area contributed by atoms with Gasteiger partial charge in [0.25, 0.3) is 0 Å². The number of hydrogen-bond acceptors (Lipinski definition) is 4. The summed E-state index contributed by atoms with van der Waals surface area (Å²) in [6.45, 7) is 2.26. The predicted molar refractivity (Wildman–Crippen MR) is 63.6 cm³/mol. The van der Waals surface area contributed by atoms with Crippen LogP contribution in [0.5, 0.6) is 0 Å². The number of nitrogens with one attached hydrogen (secondary N) is 1. The maximum atomic E-state index is 11.6. The molecule has 0 fully saturated rings. The van der Waals surface area contributed by atoms with Crippen LogP contribution >= 0.6 is 0 Å². The predicted octanol–water partition coefficient (Wildman–Crippen LogP) is 0.313. The number of oxazole rings is 1. The van der Waals surface area contributed by atoms with E-state index in [-0.39, 0.29) is 12.5 Å². The number of rotatable bonds is 3. The zero-order valence-corrected chi connectivity index (χ0v) is 9.40. The molecule has 1 aromatic carbocycles. The number of carbonyl (C=O) groups excluding carboxylic acids is 1. The fourth-order valence-electron chi connectivity index (χ4n) is 1.63. The molecule has 6 heteroatoms. The number of carbonyl (C=O) groups is 1. The number of benzene rings is 1. The summed E-state index contributed by atoms with van der Waals surface area (Å²) in [4.78, 5) is 23.0. The number of nitrogen functional groups attached to an aromatic ring is 1. The third-order valence-electron chi connectivity index (χ3n) is 2.37. The zero-order chi connectivity index (χ0) is 12.4. The third kappa shape index (κ3) is 2.15. The van der Waals surface area contributed by atoms with Gasteiger partial charge in [-0.2, -0.15) is 0 Å². The van der Waals surface area contributed by atoms with Crippen molar-refractivity contribution in [3.05, 3.63) is 28.7 Å². The molecule has 3 N–H and O–H groups in total. The fourth-order valence-corrected chi connectivity index (χ4v) is 1.63. The first kappa shape index (κ1) is 11.3. The molecule has 2 aromatic rings. The number of anilines is 1. The van der Waals surface area contributed by atoms with Crippen LogP contribution in [0.4, 0.5) is 5.69 Å². The number of fused-ring (bicyclic) bond motifs is 1. The SMILES string of the molecule is CCNC(=O)Cn1c(=O)oc2ccc(N)cc21. The summed E-state index contributed by atoms with van der Waals surface area (Å²) < 4.78 is 6.27. The highest BCUT2D eigenvalue weighted by Gasteiger charge is 2.12. The van der Waals surface area contributed by atoms with Gasteiger partial charge in [0.05, 0.1) is 5.52 Å². The molecule has 0 radical (unpaired) electrons. The molecule has 0 saturated heterocycles. The summed E-state index contributed by atoms with van der Waals surface area (Å²) in [6.07, 6.45) is 0. The van der Waals surface area contributed by atoms with Crippen LogP contribution in [0.3, 0.4) is 0 Å². The van der Waals surface area contributed by atoms with E-state index in [0.29, 0.717) is 23.3 Å². The van der Waals surface area contributed by atoms with Crippen LogP contribution < -0.4 is 16.8 Å². The van der Waals surface area contributed by atoms with Gasteiger partial charge in [-0.15, -0.1) is 0 Å². The Morgan fingerprint density at radius 2 is 2.29 bits per heavy atom. The molecule has 0 saturated carbocycles. The molecular weight excluding hydrogens is 222 g/mol. The van der Waals surface area contributed by atoms with Crippen molar-refractivity contribution in [2.45, 2.75) is 13.5 Å². The van der Waals surface area contributed by atoms with E-state index in [1.54, 1.807) is 18.2 Å². The summed E-state index contributed by atoms with van der Waals surface area (Å²) in [7, 11) is 0. The summed E-state index contributed by atoms with van der Waals surface area (Å²) in [6, 6.07) is 4.86. The van der Waals surface area contributed by atoms with Crippen LogP contribution in [0.25, 0.3) is 11.1 Å². The summed E-state index contributed by atoms with van der Waals surface area (Å²) in [5.41, 5.74) is 7.10. The van der Waals surface area contributed by atoms with Crippen molar-refractivity contribution in [2.75, 3.05) is 12.3 Å². The first-order chi connectivity index (χ1) is 8.11. The number of nitrogens with zero attached hydrogens (tertiary/aromatic N) is 1. The summed E-state index contributed by atoms with van der Waals surface area (Å²) >= 11 is 0. The number of amides is 1. The normalized spacial score (nSPS) is 10.6. The average molecular weight is 235 g/mol. The maximum absolute atomic E-state index is 11.6. The maximum Gasteiger partial charge on any atom is 0.420 e. The Kier molecular flexibility index (Phi) is 2.86. The van der Waals surface area contributed by atoms with E-state index < -0.39 is 5.76 Å². The molecule has 0 aliphatic carbocycles. The monoisotopic (exact) mass is 235 g/mol. The second-order valence-electron chi connectivity index (χ2n) is 3.63. The van der Waals surface area contributed by atoms with Crippen LogP contribution in [0.15, 0.2) is 27.4 Å². The average Bonchev–Trinajstić information content (AvgIpc) is 2.56. The van der Waals surface area contributed by atoms with E-state index in [1.165, 1.54) is 4.57 Å². The van der Waals surface area contributed by atoms with Crippen molar-refractivity contribution in [2.24, 2.45) is 0 Å². The van der Waals surface area contributed by atoms with Crippen LogP contribution in [0.2, 0.25) is 0 Å². The summed E-state index contributed by atoms with van der Waals surface area (Å²) in [5.74, 6) is -0.795. The highest BCUT2D eigenvalue weighted by Crippen LogP contribution is 2.15. The highest BCUT2D eigenvalue weighted by molar-refractivity contribution is 5.81. The van der Waals surface area contributed by atoms with E-state index in [0.717, 1.165) is 0 Å². The standard InChI is InChI=1S/C11H13N3O3/c1-2-13-10(15)6-14-8-5-7(12)3-4-9(8)17-11(14)16/h3-5H,2,6,12H2,1H3,(H,13,15). The number of aromatic nitrogens is 1. The van der Waals surface area contributed by atoms with Crippen molar-refractivity contribution < 1.29 is 9.21 Å². The van der Waals surface area contributed by atoms with E-state index in [2.05, 4.69) is 5.32 Å². The molecule has 0 aliphatic heterocycles. The van der Waals surface area contributed by atoms with Crippen LogP contribution in [0.1, 0.15) is 6.92 Å². The Hall–Kier alpha value is -2.24. The lowest BCUT2D eigenvalue weighted by Gasteiger charge is -2.02. The van der Waals surface area contributed by atoms with Gasteiger partial charge < -0.3 is 15.5 Å². The first-order valence-corrected chi connectivity index (χ1v) is 5.27. The lowest BCUT2D eigenvalue weighted by atomic mass is 10.3. The third-order valence-corrected chi connectivity index (χ3v) is 2.37. The second-order valence-corrected chi connectivity index (χ2v) is 3.63. The topological polar surface area (TPSA) is 90.3 Å². The van der Waals surface area contributed by atoms with Gasteiger partial charge in [0.2, 0.25) is 5.91 Å². The Labute approximate surface area is 97.0 Å². The molecule has 0 spiro atoms. The van der Waals surface area contributed by atoms with Crippen LogP contribution in [-0.2, 0) is 11.3 Å². The zero-order valence-electron chi connectivity index (χ0n) is 9.40. The van der Waals surface area contributed by atoms with Gasteiger partial charge in [0, 0.05) is 12.2 Å². The van der Waals surface area contributed by atoms with Crippen LogP contribution in [0, 0.1) is 0 Å². The molecule has 2 rings (SSSR count). The lowest BCUT2D eigenvalue weighted by molar-refractivity contribution is -0.121. The highest BCUT2D eigenvalue weighted by atomic mass is 16.4. The Bertz CT molecular complexity index is 612. The molecule has 0 aliphatic rings. The van der Waals surface area contributed by atoms with Gasteiger partial charge in [-0.05, 0) is 25.1 Å². The minimum atomic E-state index is -0.558. The summed E-state index contributed by atoms with van der Waals surface area (Å²) in [5, 5.41) is 2.62. The molecule has 0 atom stereocenters. The minimum absolute atomic E-state index is 0.0663. The van der Waals surface area contributed by atoms with Gasteiger partial charge in [0.1, 0.15) is 6.54 Å². The van der Waals surface area contributed by atoms with Gasteiger partial charge in [-0.25, -0.2) is 4.79 Å². The Morgan fingerprint density at radius 1 is 1.53 bits per heavy atom. The van der Waals surface area contributed by atoms with E-state index in [4.69, 9.17) is 10.2 Å². The smallest absolute Gasteiger partial charge is 0.408 e. The molecule has 0 unspecified atom stereocenters. The van der Waals surface area contributed by atoms with E-state index >= 15 is 0 Å². The number of hydrogen-bond donors (Lipinski definition) is 2. The Balaban J connectivity index is 2.45. The van der Waals surface area contributed by atoms with Gasteiger partial charge in [-0.1, -0.05) is 0 Å². The molecular formula is C11H13N3O3. The molecule has 1 heterocycles. The lowest BCUT2D eigenvalue weighted by Crippen LogP contribution is -2.30. The number of likely N-dealkylation sites (N-methyl/N-ethyl adjacent to an activating group) is 1. The van der Waals surface area contributed by atoms with Crippen molar-refractivity contribution in [1.29, 1.82) is 0 Å². The number of nitrogens with two attached hydrogens (primary N) is 1. The molecule has 1 aromatic heterocycles. The van der Waals surface area contributed by atoms with E-state index in [1.807, 2.05) is 6.92 Å². The van der Waals surface area contributed by atoms with Crippen molar-refractivity contribution in [3.8, 4) is 0 Å². The molecule has 0 bridgehead atoms. The van der Waals surface area contributed by atoms with E-state index in [9.17, 15) is 9.59 Å². The molecule has 1 amide bonds. The molecule has 17 heavy (non-hydrogen) atoms. The first-order valence-electron chi connectivity index (χ1n) is 5.27. The fraction of sp³-hybridized carbons (Fsp3) is 0.273. The van der Waals surface area contributed by atoms with Crippen molar-refractivity contribution in [3.63, 3.8) is 0 Å². The van der Waals surface area contributed by atoms with Gasteiger partial charge in [-0.3, -0.25) is 9.36 Å². The van der Waals surface area contributed by atoms with Crippen LogP contribution in [-0.4, -0.2) is 17.0 Å². The van der Waals surface area contributed by atoms with Gasteiger partial charge in [0.15, 0.2) is 5.58 Å². The van der Waals surface area contributed by atoms with Crippen molar-refractivity contribution >= 4 is 22.7 Å². The Morgan fingerprint density at radius 3 is 3.00 bits per heavy atom. The minimum Gasteiger partial charge on any atom is -0.408 e. The second kappa shape index (κ2) is 4.32. The quantitative estimate of drug-likeness (QED) is 0.749. The van der Waals surface area contributed by atoms with Gasteiger partial charge >= 0.3 is 5.76 Å². The molecule has 90 valence electrons. The largest absolute Gasteiger partial charge is 0.420 e.